The fourth-order valence-corrected chi connectivity index (χ4v) is 2.35. The van der Waals surface area contributed by atoms with E-state index in [2.05, 4.69) is 10.2 Å². The van der Waals surface area contributed by atoms with Crippen LogP contribution >= 0.6 is 12.2 Å². The molecule has 0 radical (unpaired) electrons. The minimum Gasteiger partial charge on any atom is -0.389 e. The standard InChI is InChI=1S/C14H19N3OS/c1-14(2)13(18)16-7-8-17(14)9-10-3-5-11(6-4-10)12(15)19/h3-6H,7-9H2,1-2H3,(H2,15,19)(H,16,18). The molecule has 1 saturated heterocycles. The number of nitrogens with zero attached hydrogens (tertiary/aromatic N) is 1. The summed E-state index contributed by atoms with van der Waals surface area (Å²) in [5.74, 6) is 0.0820. The van der Waals surface area contributed by atoms with Gasteiger partial charge in [0.05, 0.1) is 5.54 Å². The molecule has 1 aromatic rings. The van der Waals surface area contributed by atoms with Crippen molar-refractivity contribution >= 4 is 23.1 Å². The Balaban J connectivity index is 2.12. The molecule has 4 nitrogen and oxygen atoms in total. The van der Waals surface area contributed by atoms with Crippen LogP contribution in [0.5, 0.6) is 0 Å². The number of rotatable bonds is 3. The van der Waals surface area contributed by atoms with Gasteiger partial charge in [0.15, 0.2) is 0 Å². The van der Waals surface area contributed by atoms with E-state index in [-0.39, 0.29) is 5.91 Å². The van der Waals surface area contributed by atoms with Crippen LogP contribution in [0.3, 0.4) is 0 Å². The van der Waals surface area contributed by atoms with Gasteiger partial charge in [-0.1, -0.05) is 36.5 Å². The van der Waals surface area contributed by atoms with Gasteiger partial charge >= 0.3 is 0 Å². The molecule has 0 saturated carbocycles. The highest BCUT2D eigenvalue weighted by Gasteiger charge is 2.37. The summed E-state index contributed by atoms with van der Waals surface area (Å²) in [6.45, 7) is 6.21. The quantitative estimate of drug-likeness (QED) is 0.810. The van der Waals surface area contributed by atoms with Crippen molar-refractivity contribution in [2.45, 2.75) is 25.9 Å². The Bertz CT molecular complexity index is 496. The number of nitrogens with two attached hydrogens (primary N) is 1. The molecule has 1 aromatic carbocycles. The third-order valence-electron chi connectivity index (χ3n) is 3.63. The second-order valence-corrected chi connectivity index (χ2v) is 5.74. The highest BCUT2D eigenvalue weighted by molar-refractivity contribution is 7.80. The molecule has 102 valence electrons. The number of carbonyl (C=O) groups excluding carboxylic acids is 1. The van der Waals surface area contributed by atoms with Gasteiger partial charge in [-0.05, 0) is 19.4 Å². The molecule has 0 unspecified atom stereocenters. The lowest BCUT2D eigenvalue weighted by Gasteiger charge is -2.41. The first-order chi connectivity index (χ1) is 8.91. The van der Waals surface area contributed by atoms with Gasteiger partial charge in [-0.3, -0.25) is 9.69 Å². The SMILES string of the molecule is CC1(C)C(=O)NCCN1Cc1ccc(C(N)=S)cc1. The molecule has 2 rings (SSSR count). The zero-order valence-electron chi connectivity index (χ0n) is 11.3. The fraction of sp³-hybridized carbons (Fsp3) is 0.429. The summed E-state index contributed by atoms with van der Waals surface area (Å²) in [6.07, 6.45) is 0. The van der Waals surface area contributed by atoms with Crippen LogP contribution in [0.15, 0.2) is 24.3 Å². The summed E-state index contributed by atoms with van der Waals surface area (Å²) in [7, 11) is 0. The van der Waals surface area contributed by atoms with Crippen molar-refractivity contribution in [3.63, 3.8) is 0 Å². The van der Waals surface area contributed by atoms with E-state index in [1.807, 2.05) is 38.1 Å². The average Bonchev–Trinajstić information content (AvgIpc) is 2.36. The number of carbonyl (C=O) groups is 1. The molecule has 5 heteroatoms. The maximum Gasteiger partial charge on any atom is 0.240 e. The molecular formula is C14H19N3OS. The number of thiocarbonyl (C=S) groups is 1. The first-order valence-electron chi connectivity index (χ1n) is 6.33. The Kier molecular flexibility index (Phi) is 3.87. The molecule has 1 aliphatic rings. The Labute approximate surface area is 119 Å². The monoisotopic (exact) mass is 277 g/mol. The topological polar surface area (TPSA) is 58.4 Å². The maximum atomic E-state index is 11.9. The van der Waals surface area contributed by atoms with Crippen LogP contribution < -0.4 is 11.1 Å². The number of amides is 1. The molecule has 1 heterocycles. The third kappa shape index (κ3) is 2.93. The number of hydrogen-bond donors (Lipinski definition) is 2. The minimum absolute atomic E-state index is 0.0820. The first kappa shape index (κ1) is 14.0. The predicted octanol–water partition coefficient (Wildman–Crippen LogP) is 1.03. The van der Waals surface area contributed by atoms with E-state index in [1.165, 1.54) is 0 Å². The normalized spacial score (nSPS) is 18.9. The van der Waals surface area contributed by atoms with Crippen LogP contribution in [0.1, 0.15) is 25.0 Å². The highest BCUT2D eigenvalue weighted by Crippen LogP contribution is 2.20. The zero-order chi connectivity index (χ0) is 14.0. The first-order valence-corrected chi connectivity index (χ1v) is 6.74. The van der Waals surface area contributed by atoms with Crippen LogP contribution in [0.2, 0.25) is 0 Å². The number of nitrogens with one attached hydrogen (secondary N) is 1. The van der Waals surface area contributed by atoms with E-state index in [1.54, 1.807) is 0 Å². The largest absolute Gasteiger partial charge is 0.389 e. The minimum atomic E-state index is -0.472. The molecule has 0 atom stereocenters. The molecular weight excluding hydrogens is 258 g/mol. The summed E-state index contributed by atoms with van der Waals surface area (Å²) < 4.78 is 0. The van der Waals surface area contributed by atoms with E-state index >= 15 is 0 Å². The summed E-state index contributed by atoms with van der Waals surface area (Å²) in [5.41, 5.74) is 7.13. The molecule has 0 aliphatic carbocycles. The lowest BCUT2D eigenvalue weighted by atomic mass is 9.98. The smallest absolute Gasteiger partial charge is 0.240 e. The lowest BCUT2D eigenvalue weighted by Crippen LogP contribution is -2.61. The van der Waals surface area contributed by atoms with Crippen molar-refractivity contribution in [3.8, 4) is 0 Å². The van der Waals surface area contributed by atoms with Gasteiger partial charge in [0, 0.05) is 25.2 Å². The maximum absolute atomic E-state index is 11.9. The molecule has 19 heavy (non-hydrogen) atoms. The Morgan fingerprint density at radius 3 is 2.63 bits per heavy atom. The van der Waals surface area contributed by atoms with Crippen LogP contribution in [0.4, 0.5) is 0 Å². The van der Waals surface area contributed by atoms with E-state index < -0.39 is 5.54 Å². The fourth-order valence-electron chi connectivity index (χ4n) is 2.22. The second-order valence-electron chi connectivity index (χ2n) is 5.30. The van der Waals surface area contributed by atoms with Gasteiger partial charge in [0.2, 0.25) is 5.91 Å². The summed E-state index contributed by atoms with van der Waals surface area (Å²) in [6, 6.07) is 7.87. The molecule has 1 fully saturated rings. The van der Waals surface area contributed by atoms with Crippen molar-refractivity contribution in [2.75, 3.05) is 13.1 Å². The summed E-state index contributed by atoms with van der Waals surface area (Å²) >= 11 is 4.93. The molecule has 0 spiro atoms. The van der Waals surface area contributed by atoms with Crippen LogP contribution in [0.25, 0.3) is 0 Å². The predicted molar refractivity (Wildman–Crippen MR) is 79.8 cm³/mol. The Morgan fingerprint density at radius 2 is 2.05 bits per heavy atom. The van der Waals surface area contributed by atoms with E-state index in [9.17, 15) is 4.79 Å². The van der Waals surface area contributed by atoms with Gasteiger partial charge in [0.1, 0.15) is 4.99 Å². The molecule has 1 aliphatic heterocycles. The van der Waals surface area contributed by atoms with E-state index in [0.29, 0.717) is 11.5 Å². The molecule has 1 amide bonds. The third-order valence-corrected chi connectivity index (χ3v) is 3.86. The van der Waals surface area contributed by atoms with Crippen LogP contribution in [0, 0.1) is 0 Å². The average molecular weight is 277 g/mol. The van der Waals surface area contributed by atoms with E-state index in [4.69, 9.17) is 18.0 Å². The molecule has 0 bridgehead atoms. The number of piperazine rings is 1. The summed E-state index contributed by atoms with van der Waals surface area (Å²) in [5, 5.41) is 2.90. The highest BCUT2D eigenvalue weighted by atomic mass is 32.1. The van der Waals surface area contributed by atoms with Crippen molar-refractivity contribution in [3.05, 3.63) is 35.4 Å². The van der Waals surface area contributed by atoms with Crippen molar-refractivity contribution in [1.29, 1.82) is 0 Å². The van der Waals surface area contributed by atoms with Crippen molar-refractivity contribution in [2.24, 2.45) is 5.73 Å². The van der Waals surface area contributed by atoms with Gasteiger partial charge in [-0.2, -0.15) is 0 Å². The summed E-state index contributed by atoms with van der Waals surface area (Å²) in [4.78, 5) is 14.5. The Hall–Kier alpha value is -1.46. The number of benzene rings is 1. The van der Waals surface area contributed by atoms with E-state index in [0.717, 1.165) is 24.2 Å². The van der Waals surface area contributed by atoms with Gasteiger partial charge < -0.3 is 11.1 Å². The Morgan fingerprint density at radius 1 is 1.42 bits per heavy atom. The molecule has 3 N–H and O–H groups in total. The van der Waals surface area contributed by atoms with Crippen molar-refractivity contribution < 1.29 is 4.79 Å². The van der Waals surface area contributed by atoms with Crippen LogP contribution in [-0.2, 0) is 11.3 Å². The van der Waals surface area contributed by atoms with Gasteiger partial charge in [0.25, 0.3) is 0 Å². The zero-order valence-corrected chi connectivity index (χ0v) is 12.1. The van der Waals surface area contributed by atoms with Crippen LogP contribution in [-0.4, -0.2) is 34.4 Å². The number of hydrogen-bond acceptors (Lipinski definition) is 3. The van der Waals surface area contributed by atoms with Gasteiger partial charge in [-0.15, -0.1) is 0 Å². The van der Waals surface area contributed by atoms with Gasteiger partial charge in [-0.25, -0.2) is 0 Å². The second kappa shape index (κ2) is 5.27. The van der Waals surface area contributed by atoms with Crippen molar-refractivity contribution in [1.82, 2.24) is 10.2 Å². The molecule has 0 aromatic heterocycles. The lowest BCUT2D eigenvalue weighted by molar-refractivity contribution is -0.135.